The summed E-state index contributed by atoms with van der Waals surface area (Å²) in [5.41, 5.74) is 1.01. The van der Waals surface area contributed by atoms with Crippen LogP contribution in [0.25, 0.3) is 0 Å². The zero-order chi connectivity index (χ0) is 13.0. The van der Waals surface area contributed by atoms with Crippen molar-refractivity contribution < 1.29 is 14.3 Å². The van der Waals surface area contributed by atoms with Crippen molar-refractivity contribution in [1.82, 2.24) is 9.97 Å². The highest BCUT2D eigenvalue weighted by Gasteiger charge is 2.14. The number of nitrogens with zero attached hydrogens (tertiary/aromatic N) is 1. The van der Waals surface area contributed by atoms with Gasteiger partial charge in [-0.1, -0.05) is 12.1 Å². The summed E-state index contributed by atoms with van der Waals surface area (Å²) < 4.78 is 4.64. The fraction of sp³-hybridized carbons (Fsp3) is 0.0833. The molecule has 1 amide bonds. The lowest BCUT2D eigenvalue weighted by molar-refractivity contribution is 0.0602. The molecule has 2 N–H and O–H groups in total. The molecule has 2 aromatic rings. The number of rotatable bonds is 3. The minimum Gasteiger partial charge on any atom is -0.465 e. The number of esters is 1. The van der Waals surface area contributed by atoms with Crippen LogP contribution in [0.1, 0.15) is 20.8 Å². The van der Waals surface area contributed by atoms with Gasteiger partial charge in [-0.3, -0.25) is 4.79 Å². The van der Waals surface area contributed by atoms with Crippen LogP contribution in [-0.4, -0.2) is 29.0 Å². The van der Waals surface area contributed by atoms with Crippen molar-refractivity contribution in [2.24, 2.45) is 0 Å². The zero-order valence-corrected chi connectivity index (χ0v) is 9.64. The summed E-state index contributed by atoms with van der Waals surface area (Å²) in [5.74, 6) is -0.876. The van der Waals surface area contributed by atoms with Crippen LogP contribution in [0.4, 0.5) is 5.69 Å². The van der Waals surface area contributed by atoms with Crippen molar-refractivity contribution in [2.75, 3.05) is 12.4 Å². The van der Waals surface area contributed by atoms with E-state index in [0.29, 0.717) is 16.9 Å². The average Bonchev–Trinajstić information content (AvgIpc) is 2.92. The number of carbonyl (C=O) groups excluding carboxylic acids is 2. The van der Waals surface area contributed by atoms with Gasteiger partial charge in [-0.25, -0.2) is 9.78 Å². The molecule has 1 aromatic heterocycles. The fourth-order valence-electron chi connectivity index (χ4n) is 1.45. The van der Waals surface area contributed by atoms with Crippen molar-refractivity contribution >= 4 is 17.6 Å². The summed E-state index contributed by atoms with van der Waals surface area (Å²) >= 11 is 0. The van der Waals surface area contributed by atoms with Gasteiger partial charge in [0, 0.05) is 0 Å². The molecule has 1 aromatic carbocycles. The lowest BCUT2D eigenvalue weighted by Crippen LogP contribution is -2.15. The molecule has 92 valence electrons. The number of hydrogen-bond acceptors (Lipinski definition) is 4. The Morgan fingerprint density at radius 1 is 1.33 bits per heavy atom. The minimum atomic E-state index is -0.504. The highest BCUT2D eigenvalue weighted by Crippen LogP contribution is 2.16. The van der Waals surface area contributed by atoms with Crippen LogP contribution < -0.4 is 5.32 Å². The van der Waals surface area contributed by atoms with E-state index in [1.54, 1.807) is 24.3 Å². The van der Waals surface area contributed by atoms with Gasteiger partial charge in [0.05, 0.1) is 30.9 Å². The monoisotopic (exact) mass is 245 g/mol. The standard InChI is InChI=1S/C12H11N3O3/c1-18-12(17)8-4-2-3-5-9(8)15-11(16)10-6-13-7-14-10/h2-7H,1H3,(H,13,14)(H,15,16). The predicted octanol–water partition coefficient (Wildman–Crippen LogP) is 1.45. The normalized spacial score (nSPS) is 9.83. The van der Waals surface area contributed by atoms with E-state index in [9.17, 15) is 9.59 Å². The van der Waals surface area contributed by atoms with Gasteiger partial charge in [-0.05, 0) is 12.1 Å². The summed E-state index contributed by atoms with van der Waals surface area (Å²) in [6, 6.07) is 6.61. The molecule has 6 nitrogen and oxygen atoms in total. The van der Waals surface area contributed by atoms with Crippen molar-refractivity contribution in [1.29, 1.82) is 0 Å². The van der Waals surface area contributed by atoms with Crippen LogP contribution in [-0.2, 0) is 4.74 Å². The molecule has 0 spiro atoms. The van der Waals surface area contributed by atoms with Gasteiger partial charge in [0.2, 0.25) is 0 Å². The number of anilines is 1. The number of para-hydroxylation sites is 1. The van der Waals surface area contributed by atoms with Gasteiger partial charge < -0.3 is 15.0 Å². The molecule has 6 heteroatoms. The molecule has 0 aliphatic heterocycles. The molecule has 0 bridgehead atoms. The number of hydrogen-bond donors (Lipinski definition) is 2. The second kappa shape index (κ2) is 5.13. The average molecular weight is 245 g/mol. The summed E-state index contributed by atoms with van der Waals surface area (Å²) in [5, 5.41) is 2.62. The molecule has 0 aliphatic rings. The summed E-state index contributed by atoms with van der Waals surface area (Å²) in [4.78, 5) is 29.7. The Labute approximate surface area is 103 Å². The lowest BCUT2D eigenvalue weighted by Gasteiger charge is -2.08. The first-order chi connectivity index (χ1) is 8.72. The van der Waals surface area contributed by atoms with Gasteiger partial charge >= 0.3 is 5.97 Å². The third-order valence-corrected chi connectivity index (χ3v) is 2.32. The molecule has 0 saturated heterocycles. The Kier molecular flexibility index (Phi) is 3.38. The molecular formula is C12H11N3O3. The van der Waals surface area contributed by atoms with Crippen LogP contribution >= 0.6 is 0 Å². The van der Waals surface area contributed by atoms with Crippen LogP contribution in [0.5, 0.6) is 0 Å². The van der Waals surface area contributed by atoms with Gasteiger partial charge in [0.1, 0.15) is 5.69 Å². The molecular weight excluding hydrogens is 234 g/mol. The fourth-order valence-corrected chi connectivity index (χ4v) is 1.45. The van der Waals surface area contributed by atoms with Crippen molar-refractivity contribution in [3.05, 3.63) is 48.0 Å². The number of nitrogens with one attached hydrogen (secondary N) is 2. The second-order valence-corrected chi connectivity index (χ2v) is 3.46. The number of H-pyrrole nitrogens is 1. The zero-order valence-electron chi connectivity index (χ0n) is 9.64. The van der Waals surface area contributed by atoms with E-state index in [1.165, 1.54) is 19.6 Å². The van der Waals surface area contributed by atoms with Gasteiger partial charge in [0.15, 0.2) is 0 Å². The Balaban J connectivity index is 2.24. The first-order valence-electron chi connectivity index (χ1n) is 5.19. The van der Waals surface area contributed by atoms with E-state index in [1.807, 2.05) is 0 Å². The molecule has 2 rings (SSSR count). The van der Waals surface area contributed by atoms with Gasteiger partial charge in [-0.2, -0.15) is 0 Å². The van der Waals surface area contributed by atoms with E-state index < -0.39 is 5.97 Å². The Bertz CT molecular complexity index is 564. The highest BCUT2D eigenvalue weighted by atomic mass is 16.5. The van der Waals surface area contributed by atoms with E-state index in [2.05, 4.69) is 20.0 Å². The van der Waals surface area contributed by atoms with Crippen LogP contribution in [0.2, 0.25) is 0 Å². The quantitative estimate of drug-likeness (QED) is 0.801. The molecule has 0 atom stereocenters. The Morgan fingerprint density at radius 3 is 2.78 bits per heavy atom. The largest absolute Gasteiger partial charge is 0.465 e. The SMILES string of the molecule is COC(=O)c1ccccc1NC(=O)c1cnc[nH]1. The van der Waals surface area contributed by atoms with Crippen molar-refractivity contribution in [3.8, 4) is 0 Å². The molecule has 0 aliphatic carbocycles. The minimum absolute atomic E-state index is 0.299. The molecule has 1 heterocycles. The summed E-state index contributed by atoms with van der Waals surface area (Å²) in [6.45, 7) is 0. The van der Waals surface area contributed by atoms with Crippen LogP contribution in [0.3, 0.4) is 0 Å². The summed E-state index contributed by atoms with van der Waals surface area (Å²) in [6.07, 6.45) is 2.80. The lowest BCUT2D eigenvalue weighted by atomic mass is 10.2. The Hall–Kier alpha value is -2.63. The van der Waals surface area contributed by atoms with Gasteiger partial charge in [0.25, 0.3) is 5.91 Å². The second-order valence-electron chi connectivity index (χ2n) is 3.46. The summed E-state index contributed by atoms with van der Waals surface area (Å²) in [7, 11) is 1.29. The first-order valence-corrected chi connectivity index (χ1v) is 5.19. The molecule has 0 saturated carbocycles. The Morgan fingerprint density at radius 2 is 2.11 bits per heavy atom. The molecule has 0 unspecified atom stereocenters. The number of aromatic amines is 1. The number of methoxy groups -OCH3 is 1. The maximum absolute atomic E-state index is 11.8. The van der Waals surface area contributed by atoms with Crippen LogP contribution in [0.15, 0.2) is 36.8 Å². The van der Waals surface area contributed by atoms with E-state index in [4.69, 9.17) is 0 Å². The number of aromatic nitrogens is 2. The van der Waals surface area contributed by atoms with Crippen molar-refractivity contribution in [3.63, 3.8) is 0 Å². The van der Waals surface area contributed by atoms with Gasteiger partial charge in [-0.15, -0.1) is 0 Å². The third kappa shape index (κ3) is 2.37. The number of carbonyl (C=O) groups is 2. The van der Waals surface area contributed by atoms with Crippen LogP contribution in [0, 0.1) is 0 Å². The number of imidazole rings is 1. The number of amides is 1. The maximum atomic E-state index is 11.8. The molecule has 0 fully saturated rings. The van der Waals surface area contributed by atoms with E-state index >= 15 is 0 Å². The maximum Gasteiger partial charge on any atom is 0.339 e. The predicted molar refractivity (Wildman–Crippen MR) is 64.3 cm³/mol. The van der Waals surface area contributed by atoms with E-state index in [-0.39, 0.29) is 5.91 Å². The van der Waals surface area contributed by atoms with E-state index in [0.717, 1.165) is 0 Å². The number of ether oxygens (including phenoxy) is 1. The highest BCUT2D eigenvalue weighted by molar-refractivity contribution is 6.06. The topological polar surface area (TPSA) is 84.1 Å². The third-order valence-electron chi connectivity index (χ3n) is 2.32. The number of benzene rings is 1. The molecule has 18 heavy (non-hydrogen) atoms. The smallest absolute Gasteiger partial charge is 0.339 e. The molecule has 0 radical (unpaired) electrons. The first kappa shape index (κ1) is 11.8. The van der Waals surface area contributed by atoms with Crippen molar-refractivity contribution in [2.45, 2.75) is 0 Å².